The van der Waals surface area contributed by atoms with Gasteiger partial charge < -0.3 is 9.45 Å². The number of sulfonamides is 2. The lowest BCUT2D eigenvalue weighted by atomic mass is 10.3. The minimum absolute atomic E-state index is 0.0152. The van der Waals surface area contributed by atoms with Crippen molar-refractivity contribution >= 4 is 31.3 Å². The van der Waals surface area contributed by atoms with Gasteiger partial charge in [-0.05, 0) is 7.05 Å². The maximum Gasteiger partial charge on any atom is 0.428 e. The fourth-order valence-corrected chi connectivity index (χ4v) is 4.92. The number of hydrogen-bond acceptors (Lipinski definition) is 7. The summed E-state index contributed by atoms with van der Waals surface area (Å²) in [6.07, 6.45) is 0. The number of nitrogens with zero attached hydrogens (tertiary/aromatic N) is 2. The van der Waals surface area contributed by atoms with Crippen molar-refractivity contribution in [2.45, 2.75) is 16.4 Å². The van der Waals surface area contributed by atoms with Gasteiger partial charge in [-0.25, -0.2) is 16.8 Å². The molecule has 0 amide bonds. The molecule has 0 bridgehead atoms. The average molecular weight is 456 g/mol. The molecule has 1 unspecified atom stereocenters. The van der Waals surface area contributed by atoms with Gasteiger partial charge in [-0.15, -0.1) is 4.13 Å². The second kappa shape index (κ2) is 7.13. The summed E-state index contributed by atoms with van der Waals surface area (Å²) in [5, 5.41) is -13.3. The van der Waals surface area contributed by atoms with E-state index in [0.29, 0.717) is 0 Å². The highest BCUT2D eigenvalue weighted by Gasteiger charge is 2.82. The molecular formula is C8H12F6N3O6S3-. The van der Waals surface area contributed by atoms with Gasteiger partial charge in [0.25, 0.3) is 20.0 Å². The van der Waals surface area contributed by atoms with E-state index < -0.39 is 60.8 Å². The van der Waals surface area contributed by atoms with Crippen LogP contribution in [0.3, 0.4) is 0 Å². The molecule has 18 heteroatoms. The molecule has 1 atom stereocenters. The van der Waals surface area contributed by atoms with Crippen molar-refractivity contribution in [3.63, 3.8) is 0 Å². The third-order valence-electron chi connectivity index (χ3n) is 3.37. The first kappa shape index (κ1) is 23.5. The summed E-state index contributed by atoms with van der Waals surface area (Å²) in [6, 6.07) is 0. The van der Waals surface area contributed by atoms with Crippen LogP contribution in [0.15, 0.2) is 0 Å². The minimum Gasteiger partial charge on any atom is -0.759 e. The third-order valence-corrected chi connectivity index (χ3v) is 7.68. The molecule has 0 aromatic heterocycles. The molecule has 0 aromatic carbocycles. The van der Waals surface area contributed by atoms with Gasteiger partial charge in [0.1, 0.15) is 0 Å². The molecule has 0 spiro atoms. The van der Waals surface area contributed by atoms with Crippen LogP contribution in [0.1, 0.15) is 0 Å². The van der Waals surface area contributed by atoms with Crippen LogP contribution in [0.5, 0.6) is 0 Å². The zero-order valence-corrected chi connectivity index (χ0v) is 15.1. The van der Waals surface area contributed by atoms with Crippen LogP contribution in [-0.2, 0) is 31.3 Å². The Hall–Kier alpha value is -0.530. The van der Waals surface area contributed by atoms with Crippen molar-refractivity contribution in [3.8, 4) is 0 Å². The lowest BCUT2D eigenvalue weighted by molar-refractivity contribution is -0.245. The van der Waals surface area contributed by atoms with Crippen LogP contribution in [-0.4, -0.2) is 84.5 Å². The summed E-state index contributed by atoms with van der Waals surface area (Å²) in [5.41, 5.74) is 0. The molecule has 0 radical (unpaired) electrons. The van der Waals surface area contributed by atoms with Crippen molar-refractivity contribution in [2.75, 3.05) is 33.2 Å². The summed E-state index contributed by atoms with van der Waals surface area (Å²) < 4.78 is 148. The Labute approximate surface area is 146 Å². The van der Waals surface area contributed by atoms with E-state index in [2.05, 4.69) is 0 Å². The highest BCUT2D eigenvalue weighted by atomic mass is 32.3. The van der Waals surface area contributed by atoms with E-state index in [-0.39, 0.29) is 21.5 Å². The predicted molar refractivity (Wildman–Crippen MR) is 73.8 cm³/mol. The first-order valence-corrected chi connectivity index (χ1v) is 10.3. The second-order valence-corrected chi connectivity index (χ2v) is 9.77. The monoisotopic (exact) mass is 456 g/mol. The quantitative estimate of drug-likeness (QED) is 0.389. The van der Waals surface area contributed by atoms with Crippen LogP contribution < -0.4 is 4.13 Å². The molecule has 1 aliphatic heterocycles. The zero-order chi connectivity index (χ0) is 20.8. The molecular weight excluding hydrogens is 444 g/mol. The summed E-state index contributed by atoms with van der Waals surface area (Å²) in [7, 11) is -11.9. The van der Waals surface area contributed by atoms with Crippen molar-refractivity contribution < 1.29 is 51.9 Å². The predicted octanol–water partition coefficient (Wildman–Crippen LogP) is -0.902. The highest BCUT2D eigenvalue weighted by Crippen LogP contribution is 2.51. The van der Waals surface area contributed by atoms with E-state index in [1.165, 1.54) is 11.9 Å². The maximum absolute atomic E-state index is 13.9. The molecule has 0 aliphatic carbocycles. The van der Waals surface area contributed by atoms with Crippen LogP contribution in [0.4, 0.5) is 26.3 Å². The van der Waals surface area contributed by atoms with Gasteiger partial charge in [-0.3, -0.25) is 4.21 Å². The molecule has 1 saturated heterocycles. The van der Waals surface area contributed by atoms with Crippen LogP contribution in [0.2, 0.25) is 0 Å². The van der Waals surface area contributed by atoms with Crippen LogP contribution in [0, 0.1) is 0 Å². The maximum atomic E-state index is 13.9. The number of hydrogen-bond donors (Lipinski definition) is 1. The number of nitrogens with one attached hydrogen (secondary N) is 1. The molecule has 156 valence electrons. The van der Waals surface area contributed by atoms with E-state index in [1.54, 1.807) is 0 Å². The first-order valence-electron chi connectivity index (χ1n) is 6.35. The van der Waals surface area contributed by atoms with Crippen LogP contribution in [0.25, 0.3) is 0 Å². The summed E-state index contributed by atoms with van der Waals surface area (Å²) in [5.74, 6) is -6.99. The Kier molecular flexibility index (Phi) is 6.45. The number of alkyl halides is 6. The minimum atomic E-state index is -6.99. The molecule has 1 rings (SSSR count). The number of rotatable bonds is 7. The lowest BCUT2D eigenvalue weighted by Gasteiger charge is -2.37. The molecule has 1 heterocycles. The molecule has 0 aromatic rings. The Morgan fingerprint density at radius 1 is 0.923 bits per heavy atom. The molecule has 26 heavy (non-hydrogen) atoms. The van der Waals surface area contributed by atoms with Crippen molar-refractivity contribution in [3.05, 3.63) is 0 Å². The van der Waals surface area contributed by atoms with Crippen LogP contribution >= 0.6 is 0 Å². The van der Waals surface area contributed by atoms with Gasteiger partial charge >= 0.3 is 16.4 Å². The Morgan fingerprint density at radius 3 is 1.73 bits per heavy atom. The van der Waals surface area contributed by atoms with E-state index in [0.717, 1.165) is 0 Å². The Bertz CT molecular complexity index is 765. The van der Waals surface area contributed by atoms with Gasteiger partial charge in [0.2, 0.25) is 0 Å². The topological polar surface area (TPSA) is 127 Å². The average Bonchev–Trinajstić information content (AvgIpc) is 2.45. The lowest BCUT2D eigenvalue weighted by Crippen LogP contribution is -2.65. The summed E-state index contributed by atoms with van der Waals surface area (Å²) in [6.45, 7) is -1.81. The normalized spacial score (nSPS) is 20.9. The fourth-order valence-electron chi connectivity index (χ4n) is 1.83. The Morgan fingerprint density at radius 2 is 1.35 bits per heavy atom. The van der Waals surface area contributed by atoms with Crippen molar-refractivity contribution in [1.29, 1.82) is 0 Å². The van der Waals surface area contributed by atoms with E-state index in [1.807, 2.05) is 0 Å². The van der Waals surface area contributed by atoms with Gasteiger partial charge in [-0.2, -0.15) is 30.6 Å². The molecule has 1 fully saturated rings. The fraction of sp³-hybridized carbons (Fsp3) is 1.00. The number of likely N-dealkylation sites (N-methyl/N-ethyl adjacent to an activating group) is 1. The van der Waals surface area contributed by atoms with Gasteiger partial charge in [0, 0.05) is 37.4 Å². The summed E-state index contributed by atoms with van der Waals surface area (Å²) >= 11 is -4.08. The SMILES string of the molecule is CN1CCN(S(=O)(=O)C(F)(F)C(F)(F)C(F)(F)S(=O)(=O)NS(=O)[O-])CC1. The van der Waals surface area contributed by atoms with Gasteiger partial charge in [-0.1, -0.05) is 0 Å². The molecule has 9 nitrogen and oxygen atoms in total. The van der Waals surface area contributed by atoms with E-state index in [4.69, 9.17) is 0 Å². The number of piperazine rings is 1. The first-order chi connectivity index (χ1) is 11.4. The standard InChI is InChI=1S/C8H13F6N3O6S3/c1-16-2-4-17(5-3-16)26(22,23)8(13,14)6(9,10)7(11,12)25(20,21)15-24(18)19/h15H,2-5H2,1H3,(H,18,19)/p-1. The van der Waals surface area contributed by atoms with E-state index in [9.17, 15) is 51.9 Å². The third kappa shape index (κ3) is 3.72. The van der Waals surface area contributed by atoms with Crippen molar-refractivity contribution in [2.24, 2.45) is 0 Å². The molecule has 0 saturated carbocycles. The van der Waals surface area contributed by atoms with Gasteiger partial charge in [0.05, 0.1) is 0 Å². The van der Waals surface area contributed by atoms with E-state index >= 15 is 0 Å². The Balaban J connectivity index is 3.37. The largest absolute Gasteiger partial charge is 0.759 e. The second-order valence-electron chi connectivity index (χ2n) is 5.14. The van der Waals surface area contributed by atoms with Crippen molar-refractivity contribution in [1.82, 2.24) is 13.3 Å². The highest BCUT2D eigenvalue weighted by molar-refractivity contribution is 8.00. The zero-order valence-electron chi connectivity index (χ0n) is 12.7. The molecule has 1 N–H and O–H groups in total. The smallest absolute Gasteiger partial charge is 0.428 e. The van der Waals surface area contributed by atoms with Gasteiger partial charge in [0.15, 0.2) is 0 Å². The molecule has 1 aliphatic rings. The number of halogens is 6. The summed E-state index contributed by atoms with van der Waals surface area (Å²) in [4.78, 5) is 1.44.